The van der Waals surface area contributed by atoms with E-state index in [1.807, 2.05) is 0 Å². The maximum Gasteiger partial charge on any atom is 0.339 e. The predicted octanol–water partition coefficient (Wildman–Crippen LogP) is 3.05. The zero-order valence-corrected chi connectivity index (χ0v) is 11.8. The van der Waals surface area contributed by atoms with Gasteiger partial charge < -0.3 is 10.1 Å². The molecule has 2 rings (SSSR count). The van der Waals surface area contributed by atoms with Crippen LogP contribution in [0.2, 0.25) is 0 Å². The number of nitrogens with one attached hydrogen (secondary N) is 1. The number of esters is 1. The maximum atomic E-state index is 12.8. The second kappa shape index (κ2) is 7.38. The molecule has 1 heterocycles. The third-order valence-corrected chi connectivity index (χ3v) is 2.91. The second-order valence-corrected chi connectivity index (χ2v) is 4.46. The Morgan fingerprint density at radius 3 is 2.62 bits per heavy atom. The van der Waals surface area contributed by atoms with Gasteiger partial charge in [-0.25, -0.2) is 14.2 Å². The SMILES string of the molecule is CCOC(=O)c1ccc(NCCc2ccc(F)cc2)nc1. The number of carbonyl (C=O) groups is 1. The molecule has 2 aromatic rings. The highest BCUT2D eigenvalue weighted by Crippen LogP contribution is 2.08. The van der Waals surface area contributed by atoms with Gasteiger partial charge in [0.25, 0.3) is 0 Å². The zero-order valence-electron chi connectivity index (χ0n) is 11.8. The number of ether oxygens (including phenoxy) is 1. The van der Waals surface area contributed by atoms with E-state index in [0.717, 1.165) is 12.0 Å². The van der Waals surface area contributed by atoms with Gasteiger partial charge >= 0.3 is 5.97 Å². The number of hydrogen-bond acceptors (Lipinski definition) is 4. The Hall–Kier alpha value is -2.43. The molecule has 1 aromatic carbocycles. The molecule has 0 amide bonds. The molecule has 4 nitrogen and oxygen atoms in total. The van der Waals surface area contributed by atoms with Crippen molar-refractivity contribution in [3.63, 3.8) is 0 Å². The van der Waals surface area contributed by atoms with Gasteiger partial charge in [0.15, 0.2) is 0 Å². The third-order valence-electron chi connectivity index (χ3n) is 2.91. The van der Waals surface area contributed by atoms with Crippen molar-refractivity contribution in [1.82, 2.24) is 4.98 Å². The number of nitrogens with zero attached hydrogens (tertiary/aromatic N) is 1. The number of benzene rings is 1. The Balaban J connectivity index is 1.83. The van der Waals surface area contributed by atoms with Gasteiger partial charge in [-0.2, -0.15) is 0 Å². The highest BCUT2D eigenvalue weighted by Gasteiger charge is 2.06. The number of anilines is 1. The topological polar surface area (TPSA) is 51.2 Å². The van der Waals surface area contributed by atoms with Crippen LogP contribution in [0.4, 0.5) is 10.2 Å². The smallest absolute Gasteiger partial charge is 0.339 e. The highest BCUT2D eigenvalue weighted by molar-refractivity contribution is 5.89. The van der Waals surface area contributed by atoms with Gasteiger partial charge in [-0.05, 0) is 43.2 Å². The third kappa shape index (κ3) is 4.56. The van der Waals surface area contributed by atoms with Crippen LogP contribution < -0.4 is 5.32 Å². The minimum absolute atomic E-state index is 0.233. The minimum Gasteiger partial charge on any atom is -0.462 e. The Kier molecular flexibility index (Phi) is 5.26. The van der Waals surface area contributed by atoms with Gasteiger partial charge in [0.05, 0.1) is 12.2 Å². The lowest BCUT2D eigenvalue weighted by atomic mass is 10.1. The summed E-state index contributed by atoms with van der Waals surface area (Å²) < 4.78 is 17.7. The average Bonchev–Trinajstić information content (AvgIpc) is 2.50. The molecule has 0 aliphatic heterocycles. The van der Waals surface area contributed by atoms with Gasteiger partial charge in [0.2, 0.25) is 0 Å². The lowest BCUT2D eigenvalue weighted by Crippen LogP contribution is -2.08. The van der Waals surface area contributed by atoms with Crippen LogP contribution in [0.25, 0.3) is 0 Å². The summed E-state index contributed by atoms with van der Waals surface area (Å²) in [6.45, 7) is 2.78. The molecule has 0 atom stereocenters. The molecule has 5 heteroatoms. The number of hydrogen-bond donors (Lipinski definition) is 1. The predicted molar refractivity (Wildman–Crippen MR) is 78.8 cm³/mol. The van der Waals surface area contributed by atoms with Gasteiger partial charge in [-0.15, -0.1) is 0 Å². The van der Waals surface area contributed by atoms with Crippen LogP contribution in [-0.2, 0) is 11.2 Å². The lowest BCUT2D eigenvalue weighted by molar-refractivity contribution is 0.0526. The first-order valence-corrected chi connectivity index (χ1v) is 6.80. The first-order chi connectivity index (χ1) is 10.2. The normalized spacial score (nSPS) is 10.2. The molecule has 0 saturated heterocycles. The van der Waals surface area contributed by atoms with E-state index in [0.29, 0.717) is 24.5 Å². The highest BCUT2D eigenvalue weighted by atomic mass is 19.1. The monoisotopic (exact) mass is 288 g/mol. The van der Waals surface area contributed by atoms with E-state index >= 15 is 0 Å². The molecule has 1 N–H and O–H groups in total. The van der Waals surface area contributed by atoms with Crippen LogP contribution in [0.3, 0.4) is 0 Å². The van der Waals surface area contributed by atoms with Crippen molar-refractivity contribution in [1.29, 1.82) is 0 Å². The summed E-state index contributed by atoms with van der Waals surface area (Å²) in [7, 11) is 0. The molecule has 21 heavy (non-hydrogen) atoms. The zero-order chi connectivity index (χ0) is 15.1. The fourth-order valence-electron chi connectivity index (χ4n) is 1.82. The van der Waals surface area contributed by atoms with Crippen LogP contribution in [0.15, 0.2) is 42.6 Å². The van der Waals surface area contributed by atoms with Crippen LogP contribution in [0.5, 0.6) is 0 Å². The number of pyridine rings is 1. The average molecular weight is 288 g/mol. The molecule has 0 fully saturated rings. The minimum atomic E-state index is -0.372. The van der Waals surface area contributed by atoms with Gasteiger partial charge in [-0.1, -0.05) is 12.1 Å². The Bertz CT molecular complexity index is 582. The molecule has 1 aromatic heterocycles. The summed E-state index contributed by atoms with van der Waals surface area (Å²) in [6.07, 6.45) is 2.25. The van der Waals surface area contributed by atoms with Crippen LogP contribution in [0.1, 0.15) is 22.8 Å². The van der Waals surface area contributed by atoms with Crippen molar-refractivity contribution >= 4 is 11.8 Å². The summed E-state index contributed by atoms with van der Waals surface area (Å²) in [5.74, 6) is 0.0796. The quantitative estimate of drug-likeness (QED) is 0.830. The van der Waals surface area contributed by atoms with Crippen molar-refractivity contribution in [2.45, 2.75) is 13.3 Å². The van der Waals surface area contributed by atoms with E-state index in [1.54, 1.807) is 31.2 Å². The summed E-state index contributed by atoms with van der Waals surface area (Å²) in [6, 6.07) is 9.81. The Morgan fingerprint density at radius 2 is 2.00 bits per heavy atom. The van der Waals surface area contributed by atoms with Crippen molar-refractivity contribution in [2.75, 3.05) is 18.5 Å². The lowest BCUT2D eigenvalue weighted by Gasteiger charge is -2.06. The van der Waals surface area contributed by atoms with Crippen molar-refractivity contribution in [3.8, 4) is 0 Å². The van der Waals surface area contributed by atoms with Crippen LogP contribution in [0, 0.1) is 5.82 Å². The summed E-state index contributed by atoms with van der Waals surface area (Å²) in [4.78, 5) is 15.6. The van der Waals surface area contributed by atoms with E-state index in [-0.39, 0.29) is 11.8 Å². The number of aromatic nitrogens is 1. The van der Waals surface area contributed by atoms with E-state index in [9.17, 15) is 9.18 Å². The Morgan fingerprint density at radius 1 is 1.24 bits per heavy atom. The number of rotatable bonds is 6. The van der Waals surface area contributed by atoms with Gasteiger partial charge in [0.1, 0.15) is 11.6 Å². The maximum absolute atomic E-state index is 12.8. The number of carbonyl (C=O) groups excluding carboxylic acids is 1. The largest absolute Gasteiger partial charge is 0.462 e. The summed E-state index contributed by atoms with van der Waals surface area (Å²) in [5.41, 5.74) is 1.48. The standard InChI is InChI=1S/C16H17FN2O2/c1-2-21-16(20)13-5-8-15(19-11-13)18-10-9-12-3-6-14(17)7-4-12/h3-8,11H,2,9-10H2,1H3,(H,18,19). The van der Waals surface area contributed by atoms with Crippen molar-refractivity contribution in [2.24, 2.45) is 0 Å². The second-order valence-electron chi connectivity index (χ2n) is 4.46. The first-order valence-electron chi connectivity index (χ1n) is 6.80. The molecule has 0 radical (unpaired) electrons. The first kappa shape index (κ1) is 15.0. The molecule has 0 unspecified atom stereocenters. The van der Waals surface area contributed by atoms with Crippen molar-refractivity contribution in [3.05, 3.63) is 59.5 Å². The molecule has 0 aliphatic rings. The van der Waals surface area contributed by atoms with E-state index in [1.165, 1.54) is 18.3 Å². The molecular formula is C16H17FN2O2. The summed E-state index contributed by atoms with van der Waals surface area (Å²) in [5, 5.41) is 3.15. The molecular weight excluding hydrogens is 271 g/mol. The molecule has 0 bridgehead atoms. The van der Waals surface area contributed by atoms with E-state index < -0.39 is 0 Å². The van der Waals surface area contributed by atoms with Gasteiger partial charge in [-0.3, -0.25) is 0 Å². The van der Waals surface area contributed by atoms with Gasteiger partial charge in [0, 0.05) is 12.7 Å². The summed E-state index contributed by atoms with van der Waals surface area (Å²) >= 11 is 0. The van der Waals surface area contributed by atoms with Crippen LogP contribution >= 0.6 is 0 Å². The van der Waals surface area contributed by atoms with E-state index in [2.05, 4.69) is 10.3 Å². The fourth-order valence-corrected chi connectivity index (χ4v) is 1.82. The van der Waals surface area contributed by atoms with E-state index in [4.69, 9.17) is 4.74 Å². The number of halogens is 1. The molecule has 0 saturated carbocycles. The fraction of sp³-hybridized carbons (Fsp3) is 0.250. The van der Waals surface area contributed by atoms with Crippen molar-refractivity contribution < 1.29 is 13.9 Å². The molecule has 0 spiro atoms. The Labute approximate surface area is 123 Å². The molecule has 0 aliphatic carbocycles. The van der Waals surface area contributed by atoms with Crippen LogP contribution in [-0.4, -0.2) is 24.1 Å². The molecule has 110 valence electrons.